The number of carbonyl (C=O) groups excluding carboxylic acids is 2. The van der Waals surface area contributed by atoms with Crippen LogP contribution in [0.3, 0.4) is 0 Å². The van der Waals surface area contributed by atoms with Gasteiger partial charge in [0.05, 0.1) is 30.8 Å². The van der Waals surface area contributed by atoms with E-state index in [0.717, 1.165) is 22.3 Å². The van der Waals surface area contributed by atoms with E-state index in [1.165, 1.54) is 7.11 Å². The van der Waals surface area contributed by atoms with Crippen molar-refractivity contribution < 1.29 is 33.7 Å². The Kier molecular flexibility index (Phi) is 7.09. The Morgan fingerprint density at radius 3 is 2.29 bits per heavy atom. The average molecular weight is 483 g/mol. The van der Waals surface area contributed by atoms with E-state index in [-0.39, 0.29) is 25.7 Å². The highest BCUT2D eigenvalue weighted by Crippen LogP contribution is 2.44. The van der Waals surface area contributed by atoms with Crippen molar-refractivity contribution in [1.82, 2.24) is 10.6 Å². The van der Waals surface area contributed by atoms with E-state index in [9.17, 15) is 19.5 Å². The highest BCUT2D eigenvalue weighted by Gasteiger charge is 2.48. The van der Waals surface area contributed by atoms with Crippen LogP contribution in [0.25, 0.3) is 11.1 Å². The molecular formula is C26H30N2O7. The minimum atomic E-state index is -1.24. The predicted molar refractivity (Wildman–Crippen MR) is 127 cm³/mol. The molecular weight excluding hydrogens is 452 g/mol. The van der Waals surface area contributed by atoms with Crippen molar-refractivity contribution in [3.63, 3.8) is 0 Å². The van der Waals surface area contributed by atoms with Crippen molar-refractivity contribution in [2.75, 3.05) is 26.9 Å². The van der Waals surface area contributed by atoms with Gasteiger partial charge in [-0.25, -0.2) is 9.59 Å². The van der Waals surface area contributed by atoms with Crippen molar-refractivity contribution in [3.8, 4) is 11.1 Å². The number of hydrogen-bond acceptors (Lipinski definition) is 6. The minimum Gasteiger partial charge on any atom is -0.480 e. The number of aliphatic carboxylic acids is 1. The number of rotatable bonds is 8. The van der Waals surface area contributed by atoms with Crippen LogP contribution in [-0.2, 0) is 23.8 Å². The number of alkyl carbamates (subject to hydrolysis) is 1. The normalized spacial score (nSPS) is 22.5. The molecule has 2 unspecified atom stereocenters. The third kappa shape index (κ3) is 4.74. The zero-order valence-electron chi connectivity index (χ0n) is 19.9. The standard InChI is InChI=1S/C26H30N2O7/c1-15(33-3)22(23(29)30)28-24(31)26(2)14-34-13-21(26)27-25(32)35-12-20-18-10-6-4-8-16(18)17-9-5-7-11-19(17)20/h4-11,15,20-22H,12-14H2,1-3H3,(H,27,32)(H,28,31)(H,29,30)/t15-,21?,22+,26?/m1/s1. The molecule has 9 heteroatoms. The fourth-order valence-electron chi connectivity index (χ4n) is 4.70. The number of amides is 2. The number of benzene rings is 2. The molecule has 1 fully saturated rings. The number of ether oxygens (including phenoxy) is 3. The third-order valence-electron chi connectivity index (χ3n) is 7.00. The van der Waals surface area contributed by atoms with Crippen LogP contribution in [0.4, 0.5) is 4.79 Å². The Balaban J connectivity index is 1.41. The minimum absolute atomic E-state index is 0.0286. The largest absolute Gasteiger partial charge is 0.480 e. The van der Waals surface area contributed by atoms with E-state index in [0.29, 0.717) is 0 Å². The first-order chi connectivity index (χ1) is 16.8. The van der Waals surface area contributed by atoms with E-state index in [1.807, 2.05) is 36.4 Å². The molecule has 2 aromatic carbocycles. The van der Waals surface area contributed by atoms with E-state index in [1.54, 1.807) is 13.8 Å². The molecule has 0 bridgehead atoms. The molecule has 0 spiro atoms. The quantitative estimate of drug-likeness (QED) is 0.528. The van der Waals surface area contributed by atoms with Gasteiger partial charge in [0.25, 0.3) is 0 Å². The Morgan fingerprint density at radius 2 is 1.71 bits per heavy atom. The first kappa shape index (κ1) is 24.7. The monoisotopic (exact) mass is 482 g/mol. The maximum absolute atomic E-state index is 13.0. The molecule has 1 heterocycles. The zero-order chi connectivity index (χ0) is 25.2. The van der Waals surface area contributed by atoms with Gasteiger partial charge in [0.1, 0.15) is 6.61 Å². The Morgan fingerprint density at radius 1 is 1.11 bits per heavy atom. The predicted octanol–water partition coefficient (Wildman–Crippen LogP) is 2.53. The summed E-state index contributed by atoms with van der Waals surface area (Å²) in [6.07, 6.45) is -1.41. The maximum atomic E-state index is 13.0. The van der Waals surface area contributed by atoms with Gasteiger partial charge in [-0.1, -0.05) is 48.5 Å². The van der Waals surface area contributed by atoms with Crippen molar-refractivity contribution >= 4 is 18.0 Å². The second-order valence-corrected chi connectivity index (χ2v) is 9.19. The Labute approximate surface area is 203 Å². The van der Waals surface area contributed by atoms with Crippen molar-refractivity contribution in [2.24, 2.45) is 5.41 Å². The van der Waals surface area contributed by atoms with Crippen LogP contribution in [0.5, 0.6) is 0 Å². The summed E-state index contributed by atoms with van der Waals surface area (Å²) >= 11 is 0. The summed E-state index contributed by atoms with van der Waals surface area (Å²) in [5.41, 5.74) is 3.28. The lowest BCUT2D eigenvalue weighted by atomic mass is 9.84. The van der Waals surface area contributed by atoms with Gasteiger partial charge in [0.2, 0.25) is 5.91 Å². The number of fused-ring (bicyclic) bond motifs is 3. The molecule has 2 aliphatic rings. The second-order valence-electron chi connectivity index (χ2n) is 9.19. The third-order valence-corrected chi connectivity index (χ3v) is 7.00. The van der Waals surface area contributed by atoms with Gasteiger partial charge in [-0.15, -0.1) is 0 Å². The van der Waals surface area contributed by atoms with Crippen molar-refractivity contribution in [2.45, 2.75) is 38.0 Å². The van der Waals surface area contributed by atoms with E-state index in [2.05, 4.69) is 22.8 Å². The van der Waals surface area contributed by atoms with Gasteiger partial charge in [0, 0.05) is 13.0 Å². The summed E-state index contributed by atoms with van der Waals surface area (Å²) in [7, 11) is 1.37. The summed E-state index contributed by atoms with van der Waals surface area (Å²) in [4.78, 5) is 37.4. The fourth-order valence-corrected chi connectivity index (χ4v) is 4.70. The molecule has 2 amide bonds. The molecule has 0 saturated carbocycles. The van der Waals surface area contributed by atoms with Gasteiger partial charge in [-0.3, -0.25) is 4.79 Å². The Hall–Kier alpha value is -3.43. The number of hydrogen-bond donors (Lipinski definition) is 3. The van der Waals surface area contributed by atoms with Crippen LogP contribution < -0.4 is 10.6 Å². The number of nitrogens with one attached hydrogen (secondary N) is 2. The fraction of sp³-hybridized carbons (Fsp3) is 0.423. The molecule has 9 nitrogen and oxygen atoms in total. The molecule has 4 atom stereocenters. The number of methoxy groups -OCH3 is 1. The molecule has 3 N–H and O–H groups in total. The van der Waals surface area contributed by atoms with Gasteiger partial charge in [-0.2, -0.15) is 0 Å². The lowest BCUT2D eigenvalue weighted by Gasteiger charge is -2.31. The summed E-state index contributed by atoms with van der Waals surface area (Å²) in [5, 5.41) is 14.7. The lowest BCUT2D eigenvalue weighted by molar-refractivity contribution is -0.147. The van der Waals surface area contributed by atoms with Gasteiger partial charge in [0.15, 0.2) is 6.04 Å². The van der Waals surface area contributed by atoms with Gasteiger partial charge >= 0.3 is 12.1 Å². The SMILES string of the molecule is CO[C@H](C)[C@H](NC(=O)C1(C)COCC1NC(=O)OCC1c2ccccc2-c2ccccc21)C(=O)O. The summed E-state index contributed by atoms with van der Waals surface area (Å²) in [6, 6.07) is 14.2. The van der Waals surface area contributed by atoms with E-state index >= 15 is 0 Å². The van der Waals surface area contributed by atoms with Gasteiger partial charge < -0.3 is 30.0 Å². The van der Waals surface area contributed by atoms with Crippen LogP contribution in [-0.4, -0.2) is 68.2 Å². The number of carbonyl (C=O) groups is 3. The second kappa shape index (κ2) is 10.1. The van der Waals surface area contributed by atoms with Crippen LogP contribution in [0.15, 0.2) is 48.5 Å². The number of carboxylic acids is 1. The molecule has 186 valence electrons. The molecule has 4 rings (SSSR count). The molecule has 0 aromatic heterocycles. The summed E-state index contributed by atoms with van der Waals surface area (Å²) < 4.78 is 16.2. The zero-order valence-corrected chi connectivity index (χ0v) is 19.9. The summed E-state index contributed by atoms with van der Waals surface area (Å²) in [5.74, 6) is -1.85. The lowest BCUT2D eigenvalue weighted by Crippen LogP contribution is -2.58. The maximum Gasteiger partial charge on any atom is 0.407 e. The van der Waals surface area contributed by atoms with Crippen LogP contribution >= 0.6 is 0 Å². The highest BCUT2D eigenvalue weighted by atomic mass is 16.5. The molecule has 1 aliphatic carbocycles. The summed E-state index contributed by atoms with van der Waals surface area (Å²) in [6.45, 7) is 3.45. The van der Waals surface area contributed by atoms with Crippen LogP contribution in [0.1, 0.15) is 30.9 Å². The molecule has 1 saturated heterocycles. The molecule has 2 aromatic rings. The number of carboxylic acid groups (broad SMARTS) is 1. The first-order valence-electron chi connectivity index (χ1n) is 11.5. The molecule has 0 radical (unpaired) electrons. The van der Waals surface area contributed by atoms with Crippen molar-refractivity contribution in [1.29, 1.82) is 0 Å². The van der Waals surface area contributed by atoms with Crippen molar-refractivity contribution in [3.05, 3.63) is 59.7 Å². The van der Waals surface area contributed by atoms with Gasteiger partial charge in [-0.05, 0) is 36.1 Å². The Bertz CT molecular complexity index is 1070. The highest BCUT2D eigenvalue weighted by molar-refractivity contribution is 5.89. The smallest absolute Gasteiger partial charge is 0.407 e. The first-order valence-corrected chi connectivity index (χ1v) is 11.5. The van der Waals surface area contributed by atoms with E-state index < -0.39 is 41.6 Å². The van der Waals surface area contributed by atoms with E-state index in [4.69, 9.17) is 14.2 Å². The molecule has 35 heavy (non-hydrogen) atoms. The topological polar surface area (TPSA) is 123 Å². The molecule has 1 aliphatic heterocycles. The van der Waals surface area contributed by atoms with Crippen LogP contribution in [0.2, 0.25) is 0 Å². The van der Waals surface area contributed by atoms with Crippen LogP contribution in [0, 0.1) is 5.41 Å². The average Bonchev–Trinajstić information content (AvgIpc) is 3.38.